The Balaban J connectivity index is 0.00000225. The largest absolute Gasteiger partial charge is 0.493 e. The molecule has 1 atom stereocenters. The summed E-state index contributed by atoms with van der Waals surface area (Å²) in [5.41, 5.74) is 0.927. The van der Waals surface area contributed by atoms with Gasteiger partial charge in [0.05, 0.1) is 6.61 Å². The molecular weight excluding hydrogens is 338 g/mol. The molecule has 0 amide bonds. The van der Waals surface area contributed by atoms with E-state index in [1.165, 1.54) is 32.1 Å². The molecular formula is C19H28ClN3O2. The number of rotatable bonds is 7. The number of benzene rings is 1. The van der Waals surface area contributed by atoms with E-state index in [-0.39, 0.29) is 12.4 Å². The van der Waals surface area contributed by atoms with E-state index in [0.717, 1.165) is 30.2 Å². The second kappa shape index (κ2) is 9.78. The summed E-state index contributed by atoms with van der Waals surface area (Å²) < 4.78 is 11.3. The summed E-state index contributed by atoms with van der Waals surface area (Å²) in [5.74, 6) is 2.91. The second-order valence-corrected chi connectivity index (χ2v) is 6.75. The van der Waals surface area contributed by atoms with Gasteiger partial charge in [-0.3, -0.25) is 0 Å². The topological polar surface area (TPSA) is 60.2 Å². The smallest absolute Gasteiger partial charge is 0.257 e. The number of ether oxygens (including phenoxy) is 1. The van der Waals surface area contributed by atoms with Gasteiger partial charge in [0.2, 0.25) is 0 Å². The van der Waals surface area contributed by atoms with E-state index >= 15 is 0 Å². The third-order valence-corrected chi connectivity index (χ3v) is 4.76. The normalized spacial score (nSPS) is 16.2. The average molecular weight is 366 g/mol. The molecule has 6 heteroatoms. The Bertz CT molecular complexity index is 624. The van der Waals surface area contributed by atoms with E-state index < -0.39 is 0 Å². The van der Waals surface area contributed by atoms with E-state index in [0.29, 0.717) is 17.9 Å². The van der Waals surface area contributed by atoms with Crippen molar-refractivity contribution in [3.8, 4) is 17.2 Å². The number of halogens is 1. The van der Waals surface area contributed by atoms with Gasteiger partial charge >= 0.3 is 0 Å². The van der Waals surface area contributed by atoms with Gasteiger partial charge in [0.15, 0.2) is 5.82 Å². The molecule has 2 aromatic rings. The molecule has 25 heavy (non-hydrogen) atoms. The van der Waals surface area contributed by atoms with Crippen LogP contribution in [0.4, 0.5) is 0 Å². The van der Waals surface area contributed by atoms with Crippen LogP contribution >= 0.6 is 12.4 Å². The molecule has 0 saturated heterocycles. The summed E-state index contributed by atoms with van der Waals surface area (Å²) >= 11 is 0. The molecule has 1 unspecified atom stereocenters. The lowest BCUT2D eigenvalue weighted by Gasteiger charge is -2.21. The molecule has 138 valence electrons. The fourth-order valence-corrected chi connectivity index (χ4v) is 3.09. The highest BCUT2D eigenvalue weighted by Crippen LogP contribution is 2.26. The molecule has 0 spiro atoms. The van der Waals surface area contributed by atoms with E-state index in [1.807, 2.05) is 31.3 Å². The first-order chi connectivity index (χ1) is 11.7. The van der Waals surface area contributed by atoms with E-state index in [2.05, 4.69) is 22.4 Å². The van der Waals surface area contributed by atoms with Crippen LogP contribution in [0.2, 0.25) is 0 Å². The molecule has 0 radical (unpaired) electrons. The maximum atomic E-state index is 5.93. The minimum atomic E-state index is 0. The van der Waals surface area contributed by atoms with Crippen molar-refractivity contribution in [3.05, 3.63) is 30.1 Å². The number of likely N-dealkylation sites (N-methyl/N-ethyl adjacent to an activating group) is 1. The molecule has 0 aliphatic heterocycles. The summed E-state index contributed by atoms with van der Waals surface area (Å²) in [6, 6.07) is 8.26. The maximum Gasteiger partial charge on any atom is 0.257 e. The molecule has 1 aliphatic carbocycles. The van der Waals surface area contributed by atoms with Crippen molar-refractivity contribution in [1.82, 2.24) is 15.5 Å². The predicted octanol–water partition coefficient (Wildman–Crippen LogP) is 4.27. The summed E-state index contributed by atoms with van der Waals surface area (Å²) in [4.78, 5) is 4.46. The predicted molar refractivity (Wildman–Crippen MR) is 101 cm³/mol. The molecule has 3 rings (SSSR count). The van der Waals surface area contributed by atoms with Crippen LogP contribution in [0.15, 0.2) is 28.8 Å². The first kappa shape index (κ1) is 19.7. The van der Waals surface area contributed by atoms with Crippen molar-refractivity contribution in [2.75, 3.05) is 13.7 Å². The van der Waals surface area contributed by atoms with Gasteiger partial charge in [0, 0.05) is 18.0 Å². The Labute approximate surface area is 155 Å². The van der Waals surface area contributed by atoms with Gasteiger partial charge in [0.25, 0.3) is 5.89 Å². The molecule has 1 aromatic carbocycles. The van der Waals surface area contributed by atoms with Crippen molar-refractivity contribution < 1.29 is 9.26 Å². The summed E-state index contributed by atoms with van der Waals surface area (Å²) in [6.45, 7) is 2.92. The lowest BCUT2D eigenvalue weighted by atomic mass is 9.90. The highest BCUT2D eigenvalue weighted by atomic mass is 35.5. The van der Waals surface area contributed by atoms with Crippen LogP contribution in [0, 0.1) is 5.92 Å². The van der Waals surface area contributed by atoms with Gasteiger partial charge in [-0.1, -0.05) is 24.4 Å². The second-order valence-electron chi connectivity index (χ2n) is 6.75. The van der Waals surface area contributed by atoms with Gasteiger partial charge in [-0.05, 0) is 57.0 Å². The zero-order valence-electron chi connectivity index (χ0n) is 15.0. The van der Waals surface area contributed by atoms with Gasteiger partial charge in [-0.25, -0.2) is 0 Å². The van der Waals surface area contributed by atoms with Crippen LogP contribution < -0.4 is 10.1 Å². The first-order valence-corrected chi connectivity index (χ1v) is 8.97. The molecule has 0 bridgehead atoms. The number of aromatic nitrogens is 2. The van der Waals surface area contributed by atoms with E-state index in [4.69, 9.17) is 9.26 Å². The van der Waals surface area contributed by atoms with Gasteiger partial charge in [0.1, 0.15) is 5.75 Å². The maximum absolute atomic E-state index is 5.93. The molecule has 1 aliphatic rings. The Hall–Kier alpha value is -1.59. The van der Waals surface area contributed by atoms with Crippen molar-refractivity contribution in [2.45, 2.75) is 51.5 Å². The van der Waals surface area contributed by atoms with Crippen LogP contribution in [0.1, 0.15) is 44.9 Å². The Kier molecular flexibility index (Phi) is 7.72. The molecule has 1 fully saturated rings. The molecule has 1 saturated carbocycles. The standard InChI is InChI=1S/C19H27N3O2.ClH/c1-14(20-2)12-18-21-19(24-22-18)16-8-10-17(11-9-16)23-13-15-6-4-3-5-7-15;/h8-11,14-15,20H,3-7,12-13H2,1-2H3;1H. The van der Waals surface area contributed by atoms with E-state index in [1.54, 1.807) is 0 Å². The minimum absolute atomic E-state index is 0. The van der Waals surface area contributed by atoms with Crippen LogP contribution in [0.5, 0.6) is 5.75 Å². The molecule has 5 nitrogen and oxygen atoms in total. The lowest BCUT2D eigenvalue weighted by Crippen LogP contribution is -2.24. The third kappa shape index (κ3) is 5.72. The molecule has 1 aromatic heterocycles. The monoisotopic (exact) mass is 365 g/mol. The summed E-state index contributed by atoms with van der Waals surface area (Å²) in [5, 5.41) is 7.22. The minimum Gasteiger partial charge on any atom is -0.493 e. The van der Waals surface area contributed by atoms with Crippen LogP contribution in [-0.4, -0.2) is 29.8 Å². The third-order valence-electron chi connectivity index (χ3n) is 4.76. The van der Waals surface area contributed by atoms with Gasteiger partial charge in [-0.15, -0.1) is 12.4 Å². The van der Waals surface area contributed by atoms with Crippen molar-refractivity contribution in [2.24, 2.45) is 5.92 Å². The van der Waals surface area contributed by atoms with E-state index in [9.17, 15) is 0 Å². The number of hydrogen-bond acceptors (Lipinski definition) is 5. The van der Waals surface area contributed by atoms with Gasteiger partial charge in [-0.2, -0.15) is 4.98 Å². The fourth-order valence-electron chi connectivity index (χ4n) is 3.09. The first-order valence-electron chi connectivity index (χ1n) is 8.97. The lowest BCUT2D eigenvalue weighted by molar-refractivity contribution is 0.209. The highest BCUT2D eigenvalue weighted by molar-refractivity contribution is 5.85. The van der Waals surface area contributed by atoms with Crippen molar-refractivity contribution in [1.29, 1.82) is 0 Å². The number of nitrogens with one attached hydrogen (secondary N) is 1. The van der Waals surface area contributed by atoms with Gasteiger partial charge < -0.3 is 14.6 Å². The van der Waals surface area contributed by atoms with Crippen LogP contribution in [-0.2, 0) is 6.42 Å². The van der Waals surface area contributed by atoms with Crippen molar-refractivity contribution >= 4 is 12.4 Å². The molecule has 1 heterocycles. The SMILES string of the molecule is CNC(C)Cc1noc(-c2ccc(OCC3CCCCC3)cc2)n1.Cl. The number of hydrogen-bond donors (Lipinski definition) is 1. The fraction of sp³-hybridized carbons (Fsp3) is 0.579. The zero-order valence-corrected chi connectivity index (χ0v) is 15.8. The van der Waals surface area contributed by atoms with Crippen molar-refractivity contribution in [3.63, 3.8) is 0 Å². The van der Waals surface area contributed by atoms with Crippen LogP contribution in [0.3, 0.4) is 0 Å². The Morgan fingerprint density at radius 3 is 2.60 bits per heavy atom. The molecule has 1 N–H and O–H groups in total. The Morgan fingerprint density at radius 1 is 1.20 bits per heavy atom. The summed E-state index contributed by atoms with van der Waals surface area (Å²) in [7, 11) is 1.93. The highest BCUT2D eigenvalue weighted by Gasteiger charge is 2.14. The summed E-state index contributed by atoms with van der Waals surface area (Å²) in [6.07, 6.45) is 7.42. The number of nitrogens with zero attached hydrogens (tertiary/aromatic N) is 2. The quantitative estimate of drug-likeness (QED) is 0.794. The average Bonchev–Trinajstić information content (AvgIpc) is 3.09. The Morgan fingerprint density at radius 2 is 1.92 bits per heavy atom. The zero-order chi connectivity index (χ0) is 16.8. The van der Waals surface area contributed by atoms with Crippen LogP contribution in [0.25, 0.3) is 11.5 Å².